The van der Waals surface area contributed by atoms with E-state index < -0.39 is 35.4 Å². The number of Topliss-reactive ketones (excluding diaryl/α,β-unsaturated/α-hetero) is 1. The number of para-hydroxylation sites is 1. The molecule has 196 valence electrons. The Morgan fingerprint density at radius 1 is 1.13 bits per heavy atom. The minimum absolute atomic E-state index is 0.0202. The van der Waals surface area contributed by atoms with Crippen LogP contribution in [-0.4, -0.2) is 34.5 Å². The van der Waals surface area contributed by atoms with E-state index in [2.05, 4.69) is 5.32 Å². The van der Waals surface area contributed by atoms with Gasteiger partial charge in [0.15, 0.2) is 5.78 Å². The molecular formula is C26H19ClF3N3O3S2. The lowest BCUT2D eigenvalue weighted by molar-refractivity contribution is -0.285. The Kier molecular flexibility index (Phi) is 8.18. The van der Waals surface area contributed by atoms with Crippen molar-refractivity contribution in [2.75, 3.05) is 11.1 Å². The van der Waals surface area contributed by atoms with Gasteiger partial charge < -0.3 is 15.7 Å². The number of nitrogens with one attached hydrogen (secondary N) is 2. The first kappa shape index (κ1) is 27.7. The monoisotopic (exact) mass is 577 g/mol. The van der Waals surface area contributed by atoms with E-state index in [0.29, 0.717) is 17.4 Å². The van der Waals surface area contributed by atoms with Gasteiger partial charge in [-0.1, -0.05) is 65.8 Å². The van der Waals surface area contributed by atoms with Crippen molar-refractivity contribution in [1.29, 1.82) is 5.26 Å². The van der Waals surface area contributed by atoms with Crippen molar-refractivity contribution >= 4 is 52.1 Å². The number of thioether (sulfide) groups is 1. The molecule has 3 atom stereocenters. The number of carbonyl (C=O) groups excluding carboxylic acids is 2. The van der Waals surface area contributed by atoms with Gasteiger partial charge in [0.25, 0.3) is 0 Å². The Balaban J connectivity index is 1.82. The third-order valence-electron chi connectivity index (χ3n) is 5.89. The standard InChI is InChI=1S/C26H19ClF3N3O3S2/c27-18-10-5-4-9-16(18)21-17(13-31)24(38-14-20(34)32-15-7-2-1-3-8-15)33-25(36,26(28,29)30)22(21)23(35)19-11-6-12-37-19/h1-12,21-22,33,36H,14H2,(H,32,34)/t21-,22+,25-/m0/s1. The molecule has 3 aromatic rings. The third-order valence-corrected chi connectivity index (χ3v) is 8.13. The number of halogens is 4. The summed E-state index contributed by atoms with van der Waals surface area (Å²) >= 11 is 7.88. The Labute approximate surface area is 229 Å². The van der Waals surface area contributed by atoms with Gasteiger partial charge >= 0.3 is 6.18 Å². The van der Waals surface area contributed by atoms with E-state index in [1.807, 2.05) is 11.4 Å². The largest absolute Gasteiger partial charge is 0.437 e. The number of amides is 1. The average Bonchev–Trinajstić information content (AvgIpc) is 3.42. The molecule has 3 N–H and O–H groups in total. The fourth-order valence-corrected chi connectivity index (χ4v) is 6.04. The molecule has 38 heavy (non-hydrogen) atoms. The molecule has 2 aromatic carbocycles. The highest BCUT2D eigenvalue weighted by molar-refractivity contribution is 8.03. The predicted octanol–water partition coefficient (Wildman–Crippen LogP) is 5.95. The minimum atomic E-state index is -5.34. The lowest BCUT2D eigenvalue weighted by atomic mass is 9.70. The summed E-state index contributed by atoms with van der Waals surface area (Å²) in [4.78, 5) is 26.0. The summed E-state index contributed by atoms with van der Waals surface area (Å²) in [5.41, 5.74) is -3.47. The number of allylic oxidation sites excluding steroid dienone is 1. The Morgan fingerprint density at radius 3 is 2.42 bits per heavy atom. The number of nitriles is 1. The smallest absolute Gasteiger partial charge is 0.363 e. The van der Waals surface area contributed by atoms with Gasteiger partial charge in [-0.3, -0.25) is 9.59 Å². The van der Waals surface area contributed by atoms with E-state index in [-0.39, 0.29) is 31.8 Å². The van der Waals surface area contributed by atoms with Crippen LogP contribution in [-0.2, 0) is 4.79 Å². The van der Waals surface area contributed by atoms with Crippen LogP contribution in [0.25, 0.3) is 0 Å². The summed E-state index contributed by atoms with van der Waals surface area (Å²) in [6, 6.07) is 19.1. The molecule has 0 unspecified atom stereocenters. The fourth-order valence-electron chi connectivity index (χ4n) is 4.18. The van der Waals surface area contributed by atoms with Crippen molar-refractivity contribution in [3.05, 3.63) is 98.2 Å². The van der Waals surface area contributed by atoms with E-state index in [0.717, 1.165) is 11.3 Å². The zero-order valence-electron chi connectivity index (χ0n) is 19.3. The van der Waals surface area contributed by atoms with E-state index in [4.69, 9.17) is 11.6 Å². The van der Waals surface area contributed by atoms with Gasteiger partial charge in [-0.25, -0.2) is 0 Å². The molecule has 0 bridgehead atoms. The molecule has 0 spiro atoms. The number of nitrogens with zero attached hydrogens (tertiary/aromatic N) is 1. The van der Waals surface area contributed by atoms with Gasteiger partial charge in [-0.05, 0) is 35.2 Å². The number of aliphatic hydroxyl groups is 1. The fraction of sp³-hybridized carbons (Fsp3) is 0.192. The van der Waals surface area contributed by atoms with Crippen molar-refractivity contribution in [1.82, 2.24) is 5.32 Å². The number of hydrogen-bond acceptors (Lipinski definition) is 7. The van der Waals surface area contributed by atoms with Crippen LogP contribution in [0.2, 0.25) is 5.02 Å². The number of alkyl halides is 3. The molecule has 0 saturated heterocycles. The van der Waals surface area contributed by atoms with Crippen LogP contribution in [0.3, 0.4) is 0 Å². The minimum Gasteiger partial charge on any atom is -0.363 e. The lowest BCUT2D eigenvalue weighted by Crippen LogP contribution is -2.66. The highest BCUT2D eigenvalue weighted by Crippen LogP contribution is 2.52. The summed E-state index contributed by atoms with van der Waals surface area (Å²) in [5.74, 6) is -5.67. The maximum Gasteiger partial charge on any atom is 0.437 e. The molecule has 0 radical (unpaired) electrons. The maximum absolute atomic E-state index is 14.6. The average molecular weight is 578 g/mol. The molecule has 1 amide bonds. The Hall–Kier alpha value is -3.30. The van der Waals surface area contributed by atoms with Gasteiger partial charge in [-0.15, -0.1) is 11.3 Å². The highest BCUT2D eigenvalue weighted by Gasteiger charge is 2.66. The third kappa shape index (κ3) is 5.44. The summed E-state index contributed by atoms with van der Waals surface area (Å²) in [6.07, 6.45) is -5.34. The molecule has 1 aromatic heterocycles. The predicted molar refractivity (Wildman–Crippen MR) is 141 cm³/mol. The number of hydrogen-bond donors (Lipinski definition) is 3. The second kappa shape index (κ2) is 11.2. The molecule has 1 aliphatic heterocycles. The lowest BCUT2D eigenvalue weighted by Gasteiger charge is -2.45. The zero-order chi connectivity index (χ0) is 27.5. The number of benzene rings is 2. The van der Waals surface area contributed by atoms with Crippen LogP contribution in [0.4, 0.5) is 18.9 Å². The first-order valence-electron chi connectivity index (χ1n) is 11.1. The van der Waals surface area contributed by atoms with Crippen molar-refractivity contribution < 1.29 is 27.9 Å². The first-order chi connectivity index (χ1) is 18.1. The topological polar surface area (TPSA) is 102 Å². The normalized spacial score (nSPS) is 21.4. The molecule has 6 nitrogen and oxygen atoms in total. The summed E-state index contributed by atoms with van der Waals surface area (Å²) in [5, 5.41) is 27.1. The van der Waals surface area contributed by atoms with E-state index >= 15 is 0 Å². The number of anilines is 1. The molecule has 0 saturated carbocycles. The molecule has 0 fully saturated rings. The van der Waals surface area contributed by atoms with Gasteiger partial charge in [-0.2, -0.15) is 18.4 Å². The second-order valence-corrected chi connectivity index (χ2v) is 10.6. The van der Waals surface area contributed by atoms with Crippen LogP contribution >= 0.6 is 34.7 Å². The van der Waals surface area contributed by atoms with Crippen LogP contribution in [0.5, 0.6) is 0 Å². The van der Waals surface area contributed by atoms with Gasteiger partial charge in [0.2, 0.25) is 11.6 Å². The molecule has 0 aliphatic carbocycles. The molecule has 1 aliphatic rings. The molecular weight excluding hydrogens is 559 g/mol. The van der Waals surface area contributed by atoms with Crippen molar-refractivity contribution in [2.45, 2.75) is 17.8 Å². The van der Waals surface area contributed by atoms with Gasteiger partial charge in [0, 0.05) is 16.6 Å². The van der Waals surface area contributed by atoms with E-state index in [1.165, 1.54) is 35.7 Å². The first-order valence-corrected chi connectivity index (χ1v) is 13.3. The van der Waals surface area contributed by atoms with Crippen LogP contribution in [0.1, 0.15) is 21.2 Å². The summed E-state index contributed by atoms with van der Waals surface area (Å²) in [7, 11) is 0. The van der Waals surface area contributed by atoms with Crippen molar-refractivity contribution in [3.8, 4) is 6.07 Å². The number of ketones is 1. The summed E-state index contributed by atoms with van der Waals surface area (Å²) < 4.78 is 43.7. The number of rotatable bonds is 7. The van der Waals surface area contributed by atoms with Crippen LogP contribution in [0.15, 0.2) is 82.7 Å². The maximum atomic E-state index is 14.6. The van der Waals surface area contributed by atoms with Crippen LogP contribution in [0, 0.1) is 17.2 Å². The van der Waals surface area contributed by atoms with E-state index in [9.17, 15) is 33.1 Å². The molecule has 4 rings (SSSR count). The van der Waals surface area contributed by atoms with Gasteiger partial charge in [0.05, 0.1) is 33.2 Å². The van der Waals surface area contributed by atoms with Crippen molar-refractivity contribution in [2.24, 2.45) is 5.92 Å². The number of thiophene rings is 1. The molecule has 12 heteroatoms. The number of carbonyl (C=O) groups is 2. The van der Waals surface area contributed by atoms with E-state index in [1.54, 1.807) is 36.4 Å². The van der Waals surface area contributed by atoms with Crippen LogP contribution < -0.4 is 10.6 Å². The zero-order valence-corrected chi connectivity index (χ0v) is 21.7. The van der Waals surface area contributed by atoms with Gasteiger partial charge in [0.1, 0.15) is 0 Å². The SMILES string of the molecule is N#CC1=C(SCC(=O)Nc2ccccc2)N[C@@](O)(C(F)(F)F)[C@@H](C(=O)c2cccs2)[C@H]1c1ccccc1Cl. The highest BCUT2D eigenvalue weighted by atomic mass is 35.5. The quantitative estimate of drug-likeness (QED) is 0.300. The second-order valence-electron chi connectivity index (χ2n) is 8.27. The Morgan fingerprint density at radius 2 is 1.82 bits per heavy atom. The molecule has 2 heterocycles. The Bertz CT molecular complexity index is 1410. The summed E-state index contributed by atoms with van der Waals surface area (Å²) in [6.45, 7) is 0. The van der Waals surface area contributed by atoms with Crippen molar-refractivity contribution in [3.63, 3.8) is 0 Å².